The third-order valence-electron chi connectivity index (χ3n) is 5.82. The minimum Gasteiger partial charge on any atom is -0.507 e. The molecule has 2 fully saturated rings. The van der Waals surface area contributed by atoms with E-state index < -0.39 is 0 Å². The topological polar surface area (TPSA) is 94.2 Å². The van der Waals surface area contributed by atoms with Crippen molar-refractivity contribution in [2.24, 2.45) is 11.8 Å². The summed E-state index contributed by atoms with van der Waals surface area (Å²) in [5.74, 6) is 3.11. The van der Waals surface area contributed by atoms with Crippen LogP contribution in [-0.4, -0.2) is 31.6 Å². The van der Waals surface area contributed by atoms with E-state index in [0.29, 0.717) is 34.5 Å². The number of aromatic hydroxyl groups is 1. The number of rotatable bonds is 4. The summed E-state index contributed by atoms with van der Waals surface area (Å²) in [6, 6.07) is 8.82. The van der Waals surface area contributed by atoms with Gasteiger partial charge < -0.3 is 14.3 Å². The molecule has 1 aromatic carbocycles. The van der Waals surface area contributed by atoms with Crippen LogP contribution in [0.4, 0.5) is 0 Å². The lowest BCUT2D eigenvalue weighted by molar-refractivity contribution is 0.113. The number of benzene rings is 1. The van der Waals surface area contributed by atoms with Crippen molar-refractivity contribution in [1.29, 1.82) is 0 Å². The maximum absolute atomic E-state index is 10.4. The Morgan fingerprint density at radius 1 is 0.964 bits per heavy atom. The van der Waals surface area contributed by atoms with E-state index in [1.165, 1.54) is 19.3 Å². The van der Waals surface area contributed by atoms with Crippen molar-refractivity contribution in [3.8, 4) is 34.3 Å². The second kappa shape index (κ2) is 6.89. The molecule has 2 saturated carbocycles. The number of fused-ring (bicyclic) bond motifs is 2. The molecular weight excluding hydrogens is 356 g/mol. The molecule has 28 heavy (non-hydrogen) atoms. The lowest BCUT2D eigenvalue weighted by Gasteiger charge is -2.27. The first kappa shape index (κ1) is 17.2. The van der Waals surface area contributed by atoms with Crippen LogP contribution in [-0.2, 0) is 0 Å². The third kappa shape index (κ3) is 3.32. The summed E-state index contributed by atoms with van der Waals surface area (Å²) in [6.07, 6.45) is 6.54. The van der Waals surface area contributed by atoms with Crippen molar-refractivity contribution < 1.29 is 14.3 Å². The number of phenols is 1. The van der Waals surface area contributed by atoms with Crippen molar-refractivity contribution in [2.45, 2.75) is 45.1 Å². The van der Waals surface area contributed by atoms with Crippen molar-refractivity contribution in [3.63, 3.8) is 0 Å². The van der Waals surface area contributed by atoms with Crippen LogP contribution in [0.2, 0.25) is 0 Å². The second-order valence-corrected chi connectivity index (χ2v) is 7.87. The molecule has 5 rings (SSSR count). The summed E-state index contributed by atoms with van der Waals surface area (Å²) in [5.41, 5.74) is 1.83. The number of hydrogen-bond donors (Lipinski definition) is 1. The van der Waals surface area contributed by atoms with Gasteiger partial charge in [-0.05, 0) is 55.4 Å². The van der Waals surface area contributed by atoms with Crippen LogP contribution in [0.25, 0.3) is 22.7 Å². The molecule has 3 aromatic rings. The Labute approximate surface area is 162 Å². The van der Waals surface area contributed by atoms with Crippen molar-refractivity contribution in [1.82, 2.24) is 20.4 Å². The Balaban J connectivity index is 1.31. The van der Waals surface area contributed by atoms with Gasteiger partial charge in [0.25, 0.3) is 0 Å². The molecule has 1 N–H and O–H groups in total. The Hall–Kier alpha value is -2.96. The summed E-state index contributed by atoms with van der Waals surface area (Å²) in [4.78, 5) is 0. The average molecular weight is 378 g/mol. The molecule has 3 atom stereocenters. The quantitative estimate of drug-likeness (QED) is 0.728. The van der Waals surface area contributed by atoms with Crippen LogP contribution in [0.5, 0.6) is 11.6 Å². The minimum absolute atomic E-state index is 0.0835. The van der Waals surface area contributed by atoms with Crippen LogP contribution in [0.15, 0.2) is 34.7 Å². The van der Waals surface area contributed by atoms with E-state index in [4.69, 9.17) is 9.15 Å². The van der Waals surface area contributed by atoms with Crippen molar-refractivity contribution in [2.75, 3.05) is 0 Å². The molecule has 2 aliphatic carbocycles. The van der Waals surface area contributed by atoms with Gasteiger partial charge in [0.15, 0.2) is 0 Å². The highest BCUT2D eigenvalue weighted by atomic mass is 16.5. The molecule has 7 nitrogen and oxygen atoms in total. The normalized spacial score (nSPS) is 23.7. The van der Waals surface area contributed by atoms with E-state index in [1.807, 2.05) is 18.2 Å². The molecule has 2 aromatic heterocycles. The van der Waals surface area contributed by atoms with Gasteiger partial charge in [-0.2, -0.15) is 0 Å². The van der Waals surface area contributed by atoms with Crippen LogP contribution < -0.4 is 4.74 Å². The summed E-state index contributed by atoms with van der Waals surface area (Å²) in [6.45, 7) is 1.72. The van der Waals surface area contributed by atoms with E-state index in [2.05, 4.69) is 20.4 Å². The lowest BCUT2D eigenvalue weighted by atomic mass is 9.87. The van der Waals surface area contributed by atoms with Crippen LogP contribution >= 0.6 is 0 Å². The standard InChI is InChI=1S/C21H22N4O3/c1-12-22-25-21(27-12)15-4-5-17(19(26)11-15)18-6-7-20(24-23-18)28-16-9-13-2-3-14(8-13)10-16/h4-7,11,13-14,16,26H,2-3,8-10H2,1H3/t13-,14?,16+/m0/s1. The van der Waals surface area contributed by atoms with Crippen molar-refractivity contribution in [3.05, 3.63) is 36.2 Å². The van der Waals surface area contributed by atoms with Crippen LogP contribution in [0, 0.1) is 18.8 Å². The Bertz CT molecular complexity index is 974. The zero-order valence-corrected chi connectivity index (χ0v) is 15.7. The molecule has 1 unspecified atom stereocenters. The summed E-state index contributed by atoms with van der Waals surface area (Å²) >= 11 is 0. The lowest BCUT2D eigenvalue weighted by Crippen LogP contribution is -2.26. The van der Waals surface area contributed by atoms with Gasteiger partial charge in [-0.3, -0.25) is 0 Å². The number of aryl methyl sites for hydroxylation is 1. The number of ether oxygens (including phenoxy) is 1. The molecule has 0 radical (unpaired) electrons. The van der Waals surface area contributed by atoms with Gasteiger partial charge >= 0.3 is 0 Å². The number of hydrogen-bond acceptors (Lipinski definition) is 7. The fraction of sp³-hybridized carbons (Fsp3) is 0.429. The summed E-state index contributed by atoms with van der Waals surface area (Å²) in [5, 5.41) is 26.7. The molecule has 0 amide bonds. The predicted molar refractivity (Wildman–Crippen MR) is 102 cm³/mol. The highest BCUT2D eigenvalue weighted by molar-refractivity contribution is 5.71. The van der Waals surface area contributed by atoms with Crippen LogP contribution in [0.3, 0.4) is 0 Å². The fourth-order valence-electron chi connectivity index (χ4n) is 4.53. The van der Waals surface area contributed by atoms with E-state index in [9.17, 15) is 5.11 Å². The first-order valence-electron chi connectivity index (χ1n) is 9.78. The van der Waals surface area contributed by atoms with E-state index in [-0.39, 0.29) is 11.9 Å². The zero-order valence-electron chi connectivity index (χ0n) is 15.7. The maximum Gasteiger partial charge on any atom is 0.247 e. The smallest absolute Gasteiger partial charge is 0.247 e. The Kier molecular flexibility index (Phi) is 4.22. The van der Waals surface area contributed by atoms with Gasteiger partial charge in [-0.1, -0.05) is 12.8 Å². The van der Waals surface area contributed by atoms with Crippen molar-refractivity contribution >= 4 is 0 Å². The van der Waals surface area contributed by atoms with Gasteiger partial charge in [0, 0.05) is 24.1 Å². The van der Waals surface area contributed by atoms with E-state index in [1.54, 1.807) is 19.1 Å². The summed E-state index contributed by atoms with van der Waals surface area (Å²) < 4.78 is 11.5. The van der Waals surface area contributed by atoms with Gasteiger partial charge in [0.2, 0.25) is 17.7 Å². The number of phenolic OH excluding ortho intramolecular Hbond substituents is 1. The average Bonchev–Trinajstić information content (AvgIpc) is 3.27. The molecular formula is C21H22N4O3. The molecule has 7 heteroatoms. The third-order valence-corrected chi connectivity index (χ3v) is 5.82. The molecule has 2 bridgehead atoms. The zero-order chi connectivity index (χ0) is 19.1. The van der Waals surface area contributed by atoms with E-state index >= 15 is 0 Å². The predicted octanol–water partition coefficient (Wildman–Crippen LogP) is 4.17. The monoisotopic (exact) mass is 378 g/mol. The fourth-order valence-corrected chi connectivity index (χ4v) is 4.53. The number of nitrogens with zero attached hydrogens (tertiary/aromatic N) is 4. The van der Waals surface area contributed by atoms with Crippen LogP contribution in [0.1, 0.15) is 38.0 Å². The van der Waals surface area contributed by atoms with Gasteiger partial charge in [0.1, 0.15) is 11.9 Å². The second-order valence-electron chi connectivity index (χ2n) is 7.87. The Morgan fingerprint density at radius 3 is 2.43 bits per heavy atom. The SMILES string of the molecule is Cc1nnc(-c2ccc(-c3ccc(O[C@H]4CC5CC[C@@H](C5)C4)nn3)c(O)c2)o1. The highest BCUT2D eigenvalue weighted by Crippen LogP contribution is 2.43. The molecule has 144 valence electrons. The van der Waals surface area contributed by atoms with Gasteiger partial charge in [-0.25, -0.2) is 0 Å². The maximum atomic E-state index is 10.4. The summed E-state index contributed by atoms with van der Waals surface area (Å²) in [7, 11) is 0. The van der Waals surface area contributed by atoms with E-state index in [0.717, 1.165) is 24.7 Å². The molecule has 2 aliphatic rings. The minimum atomic E-state index is 0.0835. The largest absolute Gasteiger partial charge is 0.507 e. The number of aromatic nitrogens is 4. The molecule has 0 spiro atoms. The molecule has 0 saturated heterocycles. The first-order valence-corrected chi connectivity index (χ1v) is 9.78. The van der Waals surface area contributed by atoms with Gasteiger partial charge in [-0.15, -0.1) is 20.4 Å². The Morgan fingerprint density at radius 2 is 1.79 bits per heavy atom. The first-order chi connectivity index (χ1) is 13.6. The molecule has 2 heterocycles. The van der Waals surface area contributed by atoms with Gasteiger partial charge in [0.05, 0.1) is 5.69 Å². The molecule has 0 aliphatic heterocycles. The highest BCUT2D eigenvalue weighted by Gasteiger charge is 2.35.